The lowest BCUT2D eigenvalue weighted by molar-refractivity contribution is -0.125. The van der Waals surface area contributed by atoms with Crippen LogP contribution in [-0.4, -0.2) is 25.5 Å². The number of nitrogens with one attached hydrogen (secondary N) is 1. The van der Waals surface area contributed by atoms with Crippen molar-refractivity contribution in [3.05, 3.63) is 33.9 Å². The second kappa shape index (κ2) is 8.28. The molecule has 6 nitrogen and oxygen atoms in total. The fraction of sp³-hybridized carbons (Fsp3) is 0.562. The van der Waals surface area contributed by atoms with E-state index in [2.05, 4.69) is 15.5 Å². The summed E-state index contributed by atoms with van der Waals surface area (Å²) in [4.78, 5) is 12.5. The van der Waals surface area contributed by atoms with Crippen molar-refractivity contribution < 1.29 is 22.4 Å². The van der Waals surface area contributed by atoms with Crippen LogP contribution in [0, 0.1) is 6.92 Å². The first-order valence-electron chi connectivity index (χ1n) is 8.26. The SMILES string of the molecule is CCn1cc(C(C)NC(=O)C(C)n2nc(C(F)F)c(Cl)c2C(F)F)c(C)n1. The lowest BCUT2D eigenvalue weighted by atomic mass is 10.1. The third-order valence-electron chi connectivity index (χ3n) is 4.21. The monoisotopic (exact) mass is 409 g/mol. The summed E-state index contributed by atoms with van der Waals surface area (Å²) in [6.07, 6.45) is -4.52. The van der Waals surface area contributed by atoms with E-state index in [4.69, 9.17) is 11.6 Å². The number of rotatable bonds is 7. The normalized spacial score (nSPS) is 14.0. The van der Waals surface area contributed by atoms with Crippen molar-refractivity contribution >= 4 is 17.5 Å². The van der Waals surface area contributed by atoms with Crippen LogP contribution in [0.25, 0.3) is 0 Å². The first-order chi connectivity index (χ1) is 12.6. The van der Waals surface area contributed by atoms with Crippen LogP contribution >= 0.6 is 11.6 Å². The Bertz CT molecular complexity index is 820. The Balaban J connectivity index is 2.26. The quantitative estimate of drug-likeness (QED) is 0.690. The predicted molar refractivity (Wildman–Crippen MR) is 91.1 cm³/mol. The van der Waals surface area contributed by atoms with Gasteiger partial charge in [-0.05, 0) is 27.7 Å². The molecule has 0 radical (unpaired) electrons. The van der Waals surface area contributed by atoms with Crippen LogP contribution in [0.5, 0.6) is 0 Å². The van der Waals surface area contributed by atoms with E-state index in [1.165, 1.54) is 6.92 Å². The van der Waals surface area contributed by atoms with Gasteiger partial charge in [0.15, 0.2) is 0 Å². The van der Waals surface area contributed by atoms with Gasteiger partial charge in [-0.1, -0.05) is 11.6 Å². The molecule has 0 spiro atoms. The molecular weight excluding hydrogens is 390 g/mol. The van der Waals surface area contributed by atoms with E-state index >= 15 is 0 Å². The number of carbonyl (C=O) groups is 1. The molecule has 27 heavy (non-hydrogen) atoms. The summed E-state index contributed by atoms with van der Waals surface area (Å²) in [5.41, 5.74) is -0.400. The highest BCUT2D eigenvalue weighted by atomic mass is 35.5. The van der Waals surface area contributed by atoms with Crippen molar-refractivity contribution in [3.8, 4) is 0 Å². The predicted octanol–water partition coefficient (Wildman–Crippen LogP) is 4.37. The molecule has 0 saturated carbocycles. The Morgan fingerprint density at radius 3 is 2.33 bits per heavy atom. The van der Waals surface area contributed by atoms with Crippen molar-refractivity contribution in [2.24, 2.45) is 0 Å². The summed E-state index contributed by atoms with van der Waals surface area (Å²) in [5, 5.41) is 9.57. The number of aryl methyl sites for hydroxylation is 2. The van der Waals surface area contributed by atoms with E-state index in [0.717, 1.165) is 5.56 Å². The highest BCUT2D eigenvalue weighted by molar-refractivity contribution is 6.32. The van der Waals surface area contributed by atoms with Crippen LogP contribution in [0.3, 0.4) is 0 Å². The number of carbonyl (C=O) groups excluding carboxylic acids is 1. The lowest BCUT2D eigenvalue weighted by Crippen LogP contribution is -2.34. The van der Waals surface area contributed by atoms with Gasteiger partial charge >= 0.3 is 0 Å². The van der Waals surface area contributed by atoms with Crippen LogP contribution < -0.4 is 5.32 Å². The van der Waals surface area contributed by atoms with E-state index < -0.39 is 47.3 Å². The number of amides is 1. The van der Waals surface area contributed by atoms with Gasteiger partial charge in [0.25, 0.3) is 12.9 Å². The molecule has 0 aliphatic heterocycles. The Morgan fingerprint density at radius 2 is 1.85 bits per heavy atom. The average molecular weight is 410 g/mol. The van der Waals surface area contributed by atoms with Crippen molar-refractivity contribution in [2.75, 3.05) is 0 Å². The van der Waals surface area contributed by atoms with Gasteiger partial charge in [0.2, 0.25) is 5.91 Å². The van der Waals surface area contributed by atoms with E-state index in [9.17, 15) is 22.4 Å². The number of nitrogens with zero attached hydrogens (tertiary/aromatic N) is 4. The topological polar surface area (TPSA) is 64.7 Å². The molecule has 0 bridgehead atoms. The van der Waals surface area contributed by atoms with Crippen molar-refractivity contribution in [1.29, 1.82) is 0 Å². The molecule has 0 aliphatic rings. The number of alkyl halides is 4. The first kappa shape index (κ1) is 21.2. The number of aromatic nitrogens is 4. The molecule has 0 aromatic carbocycles. The Morgan fingerprint density at radius 1 is 1.22 bits per heavy atom. The molecule has 1 amide bonds. The molecule has 2 aromatic heterocycles. The van der Waals surface area contributed by atoms with Crippen LogP contribution in [0.2, 0.25) is 5.02 Å². The van der Waals surface area contributed by atoms with E-state index in [0.29, 0.717) is 16.9 Å². The van der Waals surface area contributed by atoms with Gasteiger partial charge in [0.05, 0.1) is 16.8 Å². The average Bonchev–Trinajstić information content (AvgIpc) is 3.14. The highest BCUT2D eigenvalue weighted by Crippen LogP contribution is 2.36. The van der Waals surface area contributed by atoms with Gasteiger partial charge in [0, 0.05) is 18.3 Å². The molecule has 2 atom stereocenters. The maximum atomic E-state index is 13.3. The highest BCUT2D eigenvalue weighted by Gasteiger charge is 2.32. The zero-order chi connectivity index (χ0) is 20.5. The second-order valence-electron chi connectivity index (χ2n) is 6.06. The van der Waals surface area contributed by atoms with E-state index in [-0.39, 0.29) is 0 Å². The standard InChI is InChI=1S/C16H20ClF4N5O/c1-5-25-6-10(8(3)23-25)7(2)22-16(27)9(4)26-13(15(20)21)11(17)12(24-26)14(18)19/h6-7,9,14-15H,5H2,1-4H3,(H,22,27). The van der Waals surface area contributed by atoms with Crippen molar-refractivity contribution in [3.63, 3.8) is 0 Å². The number of hydrogen-bond acceptors (Lipinski definition) is 3. The fourth-order valence-electron chi connectivity index (χ4n) is 2.72. The molecule has 2 aromatic rings. The molecular formula is C16H20ClF4N5O. The van der Waals surface area contributed by atoms with Crippen LogP contribution in [0.4, 0.5) is 17.6 Å². The minimum Gasteiger partial charge on any atom is -0.348 e. The van der Waals surface area contributed by atoms with Gasteiger partial charge in [0.1, 0.15) is 17.4 Å². The number of halogens is 5. The summed E-state index contributed by atoms with van der Waals surface area (Å²) in [6, 6.07) is -1.72. The molecule has 0 saturated heterocycles. The summed E-state index contributed by atoms with van der Waals surface area (Å²) in [6.45, 7) is 7.34. The largest absolute Gasteiger partial charge is 0.348 e. The lowest BCUT2D eigenvalue weighted by Gasteiger charge is -2.19. The molecule has 0 fully saturated rings. The summed E-state index contributed by atoms with van der Waals surface area (Å²) >= 11 is 5.62. The van der Waals surface area contributed by atoms with Crippen molar-refractivity contribution in [1.82, 2.24) is 24.9 Å². The molecule has 2 rings (SSSR count). The van der Waals surface area contributed by atoms with Crippen LogP contribution in [0.1, 0.15) is 68.4 Å². The Hall–Kier alpha value is -2.10. The third-order valence-corrected chi connectivity index (χ3v) is 4.59. The molecule has 150 valence electrons. The minimum atomic E-state index is -3.16. The van der Waals surface area contributed by atoms with Gasteiger partial charge in [-0.3, -0.25) is 9.48 Å². The minimum absolute atomic E-state index is 0.462. The van der Waals surface area contributed by atoms with Crippen LogP contribution in [-0.2, 0) is 11.3 Å². The molecule has 1 N–H and O–H groups in total. The van der Waals surface area contributed by atoms with Crippen molar-refractivity contribution in [2.45, 2.75) is 59.2 Å². The summed E-state index contributed by atoms with van der Waals surface area (Å²) in [7, 11) is 0. The van der Waals surface area contributed by atoms with Crippen LogP contribution in [0.15, 0.2) is 6.20 Å². The molecule has 11 heteroatoms. The third kappa shape index (κ3) is 4.26. The fourth-order valence-corrected chi connectivity index (χ4v) is 3.01. The van der Waals surface area contributed by atoms with Gasteiger partial charge < -0.3 is 5.32 Å². The van der Waals surface area contributed by atoms with E-state index in [1.807, 2.05) is 6.92 Å². The second-order valence-corrected chi connectivity index (χ2v) is 6.44. The first-order valence-corrected chi connectivity index (χ1v) is 8.64. The summed E-state index contributed by atoms with van der Waals surface area (Å²) in [5.74, 6) is -0.659. The zero-order valence-electron chi connectivity index (χ0n) is 15.2. The Kier molecular flexibility index (Phi) is 6.50. The molecule has 2 heterocycles. The molecule has 2 unspecified atom stereocenters. The molecule has 0 aliphatic carbocycles. The smallest absolute Gasteiger partial charge is 0.283 e. The number of hydrogen-bond donors (Lipinski definition) is 1. The van der Waals surface area contributed by atoms with E-state index in [1.54, 1.807) is 24.7 Å². The maximum absolute atomic E-state index is 13.3. The summed E-state index contributed by atoms with van der Waals surface area (Å²) < 4.78 is 54.7. The van der Waals surface area contributed by atoms with Gasteiger partial charge in [-0.25, -0.2) is 22.2 Å². The maximum Gasteiger partial charge on any atom is 0.283 e. The Labute approximate surface area is 158 Å². The zero-order valence-corrected chi connectivity index (χ0v) is 15.9. The van der Waals surface area contributed by atoms with Gasteiger partial charge in [-0.15, -0.1) is 0 Å². The van der Waals surface area contributed by atoms with Gasteiger partial charge in [-0.2, -0.15) is 10.2 Å².